The van der Waals surface area contributed by atoms with E-state index < -0.39 is 0 Å². The standard InChI is InChI=1S/C11H16N4/c1-8-10(14-5-4-13-8)15-6-11(12,7-15)9-2-3-9/h4-5,9H,2-3,6-7,12H2,1H3. The fraction of sp³-hybridized carbons (Fsp3) is 0.636. The number of aromatic nitrogens is 2. The molecule has 1 aliphatic heterocycles. The van der Waals surface area contributed by atoms with Crippen molar-refractivity contribution >= 4 is 5.82 Å². The van der Waals surface area contributed by atoms with Gasteiger partial charge in [-0.3, -0.25) is 4.98 Å². The van der Waals surface area contributed by atoms with Gasteiger partial charge in [0.05, 0.1) is 11.2 Å². The molecule has 1 saturated carbocycles. The molecule has 80 valence electrons. The van der Waals surface area contributed by atoms with Crippen molar-refractivity contribution in [1.82, 2.24) is 9.97 Å². The fourth-order valence-electron chi connectivity index (χ4n) is 2.44. The van der Waals surface area contributed by atoms with Gasteiger partial charge in [0, 0.05) is 25.5 Å². The van der Waals surface area contributed by atoms with Gasteiger partial charge in [-0.05, 0) is 25.7 Å². The average Bonchev–Trinajstić information content (AvgIpc) is 2.97. The molecule has 15 heavy (non-hydrogen) atoms. The molecule has 1 aliphatic carbocycles. The van der Waals surface area contributed by atoms with E-state index in [1.165, 1.54) is 12.8 Å². The van der Waals surface area contributed by atoms with Gasteiger partial charge in [-0.25, -0.2) is 4.98 Å². The lowest BCUT2D eigenvalue weighted by Crippen LogP contribution is -2.69. The van der Waals surface area contributed by atoms with Crippen molar-refractivity contribution in [2.45, 2.75) is 25.3 Å². The van der Waals surface area contributed by atoms with E-state index in [2.05, 4.69) is 14.9 Å². The average molecular weight is 204 g/mol. The Morgan fingerprint density at radius 3 is 2.60 bits per heavy atom. The van der Waals surface area contributed by atoms with Gasteiger partial charge >= 0.3 is 0 Å². The van der Waals surface area contributed by atoms with Crippen LogP contribution in [0.15, 0.2) is 12.4 Å². The summed E-state index contributed by atoms with van der Waals surface area (Å²) < 4.78 is 0. The molecule has 2 fully saturated rings. The van der Waals surface area contributed by atoms with Crippen LogP contribution in [-0.2, 0) is 0 Å². The van der Waals surface area contributed by atoms with Crippen LogP contribution in [0, 0.1) is 12.8 Å². The van der Waals surface area contributed by atoms with E-state index in [9.17, 15) is 0 Å². The first-order chi connectivity index (χ1) is 7.19. The first-order valence-corrected chi connectivity index (χ1v) is 5.50. The number of anilines is 1. The first kappa shape index (κ1) is 9.09. The van der Waals surface area contributed by atoms with Crippen molar-refractivity contribution in [2.24, 2.45) is 11.7 Å². The number of nitrogens with zero attached hydrogens (tertiary/aromatic N) is 3. The fourth-order valence-corrected chi connectivity index (χ4v) is 2.44. The summed E-state index contributed by atoms with van der Waals surface area (Å²) in [5.41, 5.74) is 7.35. The van der Waals surface area contributed by atoms with E-state index in [4.69, 9.17) is 5.73 Å². The van der Waals surface area contributed by atoms with E-state index in [1.54, 1.807) is 12.4 Å². The van der Waals surface area contributed by atoms with Gasteiger partial charge in [-0.1, -0.05) is 0 Å². The quantitative estimate of drug-likeness (QED) is 0.771. The van der Waals surface area contributed by atoms with Gasteiger partial charge in [0.1, 0.15) is 5.82 Å². The van der Waals surface area contributed by atoms with Gasteiger partial charge < -0.3 is 10.6 Å². The summed E-state index contributed by atoms with van der Waals surface area (Å²) in [7, 11) is 0. The molecular weight excluding hydrogens is 188 g/mol. The van der Waals surface area contributed by atoms with Crippen LogP contribution < -0.4 is 10.6 Å². The SMILES string of the molecule is Cc1nccnc1N1CC(N)(C2CC2)C1. The van der Waals surface area contributed by atoms with Gasteiger partial charge in [-0.2, -0.15) is 0 Å². The zero-order valence-electron chi connectivity index (χ0n) is 8.98. The van der Waals surface area contributed by atoms with E-state index >= 15 is 0 Å². The second-order valence-corrected chi connectivity index (χ2v) is 4.83. The van der Waals surface area contributed by atoms with E-state index in [0.717, 1.165) is 30.5 Å². The molecular formula is C11H16N4. The minimum absolute atomic E-state index is 0.0595. The molecule has 0 radical (unpaired) electrons. The van der Waals surface area contributed by atoms with Crippen LogP contribution in [0.25, 0.3) is 0 Å². The molecule has 2 aliphatic rings. The van der Waals surface area contributed by atoms with Crippen LogP contribution >= 0.6 is 0 Å². The van der Waals surface area contributed by atoms with Crippen molar-refractivity contribution < 1.29 is 0 Å². The summed E-state index contributed by atoms with van der Waals surface area (Å²) >= 11 is 0. The highest BCUT2D eigenvalue weighted by Gasteiger charge is 2.50. The molecule has 0 atom stereocenters. The summed E-state index contributed by atoms with van der Waals surface area (Å²) in [6, 6.07) is 0. The van der Waals surface area contributed by atoms with Crippen LogP contribution in [0.5, 0.6) is 0 Å². The molecule has 0 aromatic carbocycles. The lowest BCUT2D eigenvalue weighted by Gasteiger charge is -2.49. The van der Waals surface area contributed by atoms with Gasteiger partial charge in [0.2, 0.25) is 0 Å². The van der Waals surface area contributed by atoms with Crippen LogP contribution in [-0.4, -0.2) is 28.6 Å². The van der Waals surface area contributed by atoms with Gasteiger partial charge in [-0.15, -0.1) is 0 Å². The largest absolute Gasteiger partial charge is 0.351 e. The van der Waals surface area contributed by atoms with E-state index in [1.807, 2.05) is 6.92 Å². The molecule has 0 bridgehead atoms. The van der Waals surface area contributed by atoms with Crippen molar-refractivity contribution in [3.8, 4) is 0 Å². The summed E-state index contributed by atoms with van der Waals surface area (Å²) in [5.74, 6) is 1.75. The third-order valence-electron chi connectivity index (χ3n) is 3.52. The topological polar surface area (TPSA) is 55.0 Å². The third-order valence-corrected chi connectivity index (χ3v) is 3.52. The molecule has 0 unspecified atom stereocenters. The second kappa shape index (κ2) is 2.92. The predicted molar refractivity (Wildman–Crippen MR) is 58.6 cm³/mol. The highest BCUT2D eigenvalue weighted by atomic mass is 15.3. The Hall–Kier alpha value is -1.16. The molecule has 0 amide bonds. The van der Waals surface area contributed by atoms with E-state index in [-0.39, 0.29) is 5.54 Å². The van der Waals surface area contributed by atoms with Crippen molar-refractivity contribution in [2.75, 3.05) is 18.0 Å². The number of nitrogens with two attached hydrogens (primary N) is 1. The van der Waals surface area contributed by atoms with Crippen molar-refractivity contribution in [1.29, 1.82) is 0 Å². The number of hydrogen-bond donors (Lipinski definition) is 1. The molecule has 1 aromatic rings. The summed E-state index contributed by atoms with van der Waals surface area (Å²) in [4.78, 5) is 10.8. The number of hydrogen-bond acceptors (Lipinski definition) is 4. The van der Waals surface area contributed by atoms with Crippen molar-refractivity contribution in [3.63, 3.8) is 0 Å². The molecule has 4 heteroatoms. The van der Waals surface area contributed by atoms with Gasteiger partial charge in [0.25, 0.3) is 0 Å². The molecule has 4 nitrogen and oxygen atoms in total. The van der Waals surface area contributed by atoms with Gasteiger partial charge in [0.15, 0.2) is 0 Å². The summed E-state index contributed by atoms with van der Waals surface area (Å²) in [6.07, 6.45) is 6.10. The Balaban J connectivity index is 1.74. The number of rotatable bonds is 2. The second-order valence-electron chi connectivity index (χ2n) is 4.83. The lowest BCUT2D eigenvalue weighted by atomic mass is 9.85. The maximum absolute atomic E-state index is 6.30. The summed E-state index contributed by atoms with van der Waals surface area (Å²) in [6.45, 7) is 3.88. The highest BCUT2D eigenvalue weighted by molar-refractivity contribution is 5.48. The maximum atomic E-state index is 6.30. The summed E-state index contributed by atoms with van der Waals surface area (Å²) in [5, 5.41) is 0. The molecule has 2 heterocycles. The third kappa shape index (κ3) is 1.40. The molecule has 1 saturated heterocycles. The van der Waals surface area contributed by atoms with E-state index in [0.29, 0.717) is 0 Å². The highest BCUT2D eigenvalue weighted by Crippen LogP contribution is 2.44. The lowest BCUT2D eigenvalue weighted by molar-refractivity contribution is 0.288. The van der Waals surface area contributed by atoms with Crippen LogP contribution in [0.2, 0.25) is 0 Å². The molecule has 2 N–H and O–H groups in total. The smallest absolute Gasteiger partial charge is 0.150 e. The Bertz CT molecular complexity index is 380. The Morgan fingerprint density at radius 2 is 2.00 bits per heavy atom. The Labute approximate surface area is 89.5 Å². The monoisotopic (exact) mass is 204 g/mol. The van der Waals surface area contributed by atoms with Crippen LogP contribution in [0.3, 0.4) is 0 Å². The van der Waals surface area contributed by atoms with Crippen molar-refractivity contribution in [3.05, 3.63) is 18.1 Å². The molecule has 3 rings (SSSR count). The minimum Gasteiger partial charge on any atom is -0.351 e. The van der Waals surface area contributed by atoms with Crippen LogP contribution in [0.4, 0.5) is 5.82 Å². The Morgan fingerprint density at radius 1 is 1.33 bits per heavy atom. The Kier molecular flexibility index (Phi) is 1.77. The zero-order valence-corrected chi connectivity index (χ0v) is 8.98. The maximum Gasteiger partial charge on any atom is 0.150 e. The van der Waals surface area contributed by atoms with Crippen LogP contribution in [0.1, 0.15) is 18.5 Å². The minimum atomic E-state index is 0.0595. The molecule has 0 spiro atoms. The first-order valence-electron chi connectivity index (χ1n) is 5.50. The predicted octanol–water partition coefficient (Wildman–Crippen LogP) is 0.713. The number of aryl methyl sites for hydroxylation is 1. The zero-order chi connectivity index (χ0) is 10.5. The normalized spacial score (nSPS) is 23.7. The molecule has 1 aromatic heterocycles.